The molecule has 0 aromatic rings. The molecule has 4 nitrogen and oxygen atoms in total. The summed E-state index contributed by atoms with van der Waals surface area (Å²) in [5, 5.41) is 2.35. The van der Waals surface area contributed by atoms with Crippen molar-refractivity contribution < 1.29 is 0 Å². The van der Waals surface area contributed by atoms with Crippen molar-refractivity contribution in [3.63, 3.8) is 0 Å². The summed E-state index contributed by atoms with van der Waals surface area (Å²) in [6.45, 7) is 10.3. The number of aliphatic imine (C=N–C) groups is 2. The van der Waals surface area contributed by atoms with Crippen molar-refractivity contribution >= 4 is 22.5 Å². The van der Waals surface area contributed by atoms with Gasteiger partial charge in [-0.15, -0.1) is 0 Å². The Morgan fingerprint density at radius 3 is 2.83 bits per heavy atom. The van der Waals surface area contributed by atoms with Gasteiger partial charge in [0.1, 0.15) is 17.7 Å². The summed E-state index contributed by atoms with van der Waals surface area (Å²) in [4.78, 5) is 9.22. The maximum absolute atomic E-state index is 6.49. The number of allylic oxidation sites excluding steroid dienone is 8. The molecule has 0 radical (unpaired) electrons. The number of halogens is 1. The smallest absolute Gasteiger partial charge is 0.140 e. The summed E-state index contributed by atoms with van der Waals surface area (Å²) in [7, 11) is 1.85. The molecule has 0 aromatic carbocycles. The number of rotatable bonds is 5. The van der Waals surface area contributed by atoms with Gasteiger partial charge < -0.3 is 0 Å². The fourth-order valence-electron chi connectivity index (χ4n) is 2.15. The molecule has 130 valence electrons. The highest BCUT2D eigenvalue weighted by Gasteiger charge is 2.12. The topological polar surface area (TPSA) is 40.0 Å². The fourth-order valence-corrected chi connectivity index (χ4v) is 2.39. The van der Waals surface area contributed by atoms with E-state index in [1.54, 1.807) is 6.08 Å². The van der Waals surface area contributed by atoms with Crippen LogP contribution in [0.4, 0.5) is 0 Å². The molecule has 0 saturated heterocycles. The minimum atomic E-state index is 0.378. The van der Waals surface area contributed by atoms with Gasteiger partial charge >= 0.3 is 0 Å². The Morgan fingerprint density at radius 1 is 1.50 bits per heavy atom. The first-order chi connectivity index (χ1) is 11.6. The Hall–Kier alpha value is -1.91. The Bertz CT molecular complexity index is 621. The van der Waals surface area contributed by atoms with E-state index < -0.39 is 0 Å². The minimum absolute atomic E-state index is 0.378. The van der Waals surface area contributed by atoms with Crippen LogP contribution in [0.5, 0.6) is 0 Å². The number of nitrogens with zero attached hydrogens (tertiary/aromatic N) is 3. The molecule has 0 spiro atoms. The molecule has 24 heavy (non-hydrogen) atoms. The zero-order valence-corrected chi connectivity index (χ0v) is 15.8. The summed E-state index contributed by atoms with van der Waals surface area (Å²) in [6, 6.07) is 0. The van der Waals surface area contributed by atoms with Crippen LogP contribution in [0, 0.1) is 0 Å². The number of nitrogens with one attached hydrogen (secondary N) is 1. The molecule has 1 aliphatic heterocycles. The summed E-state index contributed by atoms with van der Waals surface area (Å²) in [6.07, 6.45) is 13.4. The van der Waals surface area contributed by atoms with Gasteiger partial charge in [0.2, 0.25) is 0 Å². The van der Waals surface area contributed by atoms with E-state index in [1.165, 1.54) is 0 Å². The monoisotopic (exact) mass is 346 g/mol. The summed E-state index contributed by atoms with van der Waals surface area (Å²) in [5.74, 6) is 0.857. The third-order valence-corrected chi connectivity index (χ3v) is 3.74. The van der Waals surface area contributed by atoms with E-state index in [1.807, 2.05) is 44.1 Å². The normalized spacial score (nSPS) is 25.7. The first kappa shape index (κ1) is 20.1. The summed E-state index contributed by atoms with van der Waals surface area (Å²) in [5.41, 5.74) is 5.94. The summed E-state index contributed by atoms with van der Waals surface area (Å²) < 4.78 is 0. The number of hydrazine groups is 1. The van der Waals surface area contributed by atoms with Crippen LogP contribution in [0.1, 0.15) is 33.6 Å². The van der Waals surface area contributed by atoms with Gasteiger partial charge in [-0.05, 0) is 31.9 Å². The van der Waals surface area contributed by atoms with E-state index in [2.05, 4.69) is 36.1 Å². The molecular formula is C19H27ClN4. The van der Waals surface area contributed by atoms with Gasteiger partial charge in [0.25, 0.3) is 0 Å². The largest absolute Gasteiger partial charge is 0.271 e. The Morgan fingerprint density at radius 2 is 2.25 bits per heavy atom. The van der Waals surface area contributed by atoms with Crippen molar-refractivity contribution in [3.8, 4) is 0 Å². The minimum Gasteiger partial charge on any atom is -0.271 e. The predicted octanol–water partition coefficient (Wildman–Crippen LogP) is 4.75. The maximum Gasteiger partial charge on any atom is 0.140 e. The summed E-state index contributed by atoms with van der Waals surface area (Å²) >= 11 is 6.49. The molecule has 0 saturated carbocycles. The van der Waals surface area contributed by atoms with Gasteiger partial charge in [-0.25, -0.2) is 15.4 Å². The number of hydrogen-bond acceptors (Lipinski definition) is 4. The molecule has 0 bridgehead atoms. The van der Waals surface area contributed by atoms with Crippen LogP contribution in [0.3, 0.4) is 0 Å². The second-order valence-electron chi connectivity index (χ2n) is 5.23. The highest BCUT2D eigenvalue weighted by Crippen LogP contribution is 2.19. The van der Waals surface area contributed by atoms with E-state index in [0.29, 0.717) is 18.3 Å². The highest BCUT2D eigenvalue weighted by atomic mass is 35.5. The third kappa shape index (κ3) is 5.95. The van der Waals surface area contributed by atoms with E-state index in [0.717, 1.165) is 29.1 Å². The van der Waals surface area contributed by atoms with Gasteiger partial charge in [0.05, 0.1) is 0 Å². The first-order valence-corrected chi connectivity index (χ1v) is 8.50. The van der Waals surface area contributed by atoms with Crippen LogP contribution >= 0.6 is 11.6 Å². The van der Waals surface area contributed by atoms with Crippen molar-refractivity contribution in [3.05, 3.63) is 60.0 Å². The lowest BCUT2D eigenvalue weighted by molar-refractivity contribution is 0.276. The van der Waals surface area contributed by atoms with Crippen molar-refractivity contribution in [1.82, 2.24) is 10.4 Å². The van der Waals surface area contributed by atoms with E-state index in [9.17, 15) is 0 Å². The lowest BCUT2D eigenvalue weighted by Crippen LogP contribution is -2.34. The zero-order chi connectivity index (χ0) is 17.9. The molecular weight excluding hydrogens is 320 g/mol. The molecule has 0 aliphatic carbocycles. The van der Waals surface area contributed by atoms with E-state index in [4.69, 9.17) is 16.6 Å². The molecule has 0 atom stereocenters. The molecule has 0 aromatic heterocycles. The van der Waals surface area contributed by atoms with Crippen molar-refractivity contribution in [2.24, 2.45) is 9.98 Å². The molecule has 1 heterocycles. The second kappa shape index (κ2) is 10.8. The average molecular weight is 347 g/mol. The van der Waals surface area contributed by atoms with Crippen LogP contribution in [0.2, 0.25) is 0 Å². The van der Waals surface area contributed by atoms with Crippen molar-refractivity contribution in [2.75, 3.05) is 13.7 Å². The predicted molar refractivity (Wildman–Crippen MR) is 106 cm³/mol. The molecule has 1 N–H and O–H groups in total. The Labute approximate surface area is 150 Å². The van der Waals surface area contributed by atoms with E-state index >= 15 is 0 Å². The zero-order valence-electron chi connectivity index (χ0n) is 15.0. The molecule has 1 rings (SSSR count). The standard InChI is InChI=1S/C19H27ClN4/c1-6-9-11-16(8-3)17-13-12-15(4)23-18(10-7-2)24(21-5)14-22-19(17)20/h6,8-11,13,21H,3,7,12,14H2,1-2,4-5H3/b9-6-,16-11+,17-13-,18-10-,22-19+,23-15-. The molecule has 5 heteroatoms. The van der Waals surface area contributed by atoms with Gasteiger partial charge in [-0.1, -0.05) is 55.5 Å². The molecule has 0 unspecified atom stereocenters. The molecule has 0 fully saturated rings. The average Bonchev–Trinajstić information content (AvgIpc) is 2.57. The lowest BCUT2D eigenvalue weighted by atomic mass is 10.0. The first-order valence-electron chi connectivity index (χ1n) is 8.12. The number of hydrogen-bond donors (Lipinski definition) is 1. The molecule has 1 aliphatic rings. The third-order valence-electron chi connectivity index (χ3n) is 3.41. The van der Waals surface area contributed by atoms with Crippen LogP contribution in [0.15, 0.2) is 70.0 Å². The van der Waals surface area contributed by atoms with Gasteiger partial charge in [0, 0.05) is 24.8 Å². The van der Waals surface area contributed by atoms with Gasteiger partial charge in [0.15, 0.2) is 0 Å². The second-order valence-corrected chi connectivity index (χ2v) is 5.59. The quantitative estimate of drug-likeness (QED) is 0.730. The Balaban J connectivity index is 3.35. The van der Waals surface area contributed by atoms with Crippen LogP contribution in [-0.2, 0) is 0 Å². The Kier molecular flexibility index (Phi) is 9.05. The van der Waals surface area contributed by atoms with Crippen LogP contribution in [-0.4, -0.2) is 29.6 Å². The van der Waals surface area contributed by atoms with Gasteiger partial charge in [-0.3, -0.25) is 5.01 Å². The SMILES string of the molecule is C=CC(=C\C=C/C)/C1=C/C/C(C)=N\C(=C\CC)N(NC)C/N=C\1Cl. The van der Waals surface area contributed by atoms with Gasteiger partial charge in [-0.2, -0.15) is 0 Å². The molecule has 0 amide bonds. The highest BCUT2D eigenvalue weighted by molar-refractivity contribution is 6.70. The maximum atomic E-state index is 6.49. The van der Waals surface area contributed by atoms with Crippen LogP contribution < -0.4 is 5.43 Å². The fraction of sp³-hybridized carbons (Fsp3) is 0.368. The van der Waals surface area contributed by atoms with Crippen LogP contribution in [0.25, 0.3) is 0 Å². The van der Waals surface area contributed by atoms with Crippen molar-refractivity contribution in [1.29, 1.82) is 0 Å². The van der Waals surface area contributed by atoms with Crippen molar-refractivity contribution in [2.45, 2.75) is 33.6 Å². The lowest BCUT2D eigenvalue weighted by Gasteiger charge is -2.23. The van der Waals surface area contributed by atoms with E-state index in [-0.39, 0.29) is 0 Å².